The summed E-state index contributed by atoms with van der Waals surface area (Å²) in [5.74, 6) is 0. The fraction of sp³-hybridized carbons (Fsp3) is 0.500. The summed E-state index contributed by atoms with van der Waals surface area (Å²) in [6.07, 6.45) is 2.06. The molecule has 0 aromatic rings. The lowest BCUT2D eigenvalue weighted by atomic mass is 10.1. The van der Waals surface area contributed by atoms with Crippen LogP contribution in [0.15, 0.2) is 27.0 Å². The van der Waals surface area contributed by atoms with Crippen LogP contribution in [-0.2, 0) is 0 Å². The largest absolute Gasteiger partial charge is 0.382 e. The monoisotopic (exact) mass is 230 g/mol. The second-order valence-corrected chi connectivity index (χ2v) is 3.57. The second-order valence-electron chi connectivity index (χ2n) is 2.78. The Kier molecular flexibility index (Phi) is 3.03. The fourth-order valence-electron chi connectivity index (χ4n) is 1.08. The Morgan fingerprint density at radius 2 is 2.42 bits per heavy atom. The zero-order valence-corrected chi connectivity index (χ0v) is 8.68. The van der Waals surface area contributed by atoms with Crippen LogP contribution in [0.3, 0.4) is 0 Å². The molecule has 4 heteroatoms. The minimum Gasteiger partial charge on any atom is -0.382 e. The molecule has 0 aromatic heterocycles. The lowest BCUT2D eigenvalue weighted by Gasteiger charge is -2.19. The highest BCUT2D eigenvalue weighted by molar-refractivity contribution is 9.12. The Labute approximate surface area is 80.0 Å². The van der Waals surface area contributed by atoms with Gasteiger partial charge in [0.25, 0.3) is 0 Å². The summed E-state index contributed by atoms with van der Waals surface area (Å²) in [5.41, 5.74) is 2.03. The molecule has 1 N–H and O–H groups in total. The van der Waals surface area contributed by atoms with Crippen LogP contribution in [-0.4, -0.2) is 12.6 Å². The van der Waals surface area contributed by atoms with Crippen LogP contribution in [0.5, 0.6) is 0 Å². The maximum absolute atomic E-state index is 10.3. The first-order valence-electron chi connectivity index (χ1n) is 3.80. The maximum Gasteiger partial charge on any atom is 0.130 e. The molecule has 1 atom stereocenters. The fourth-order valence-corrected chi connectivity index (χ4v) is 1.71. The SMILES string of the molecule is CC1=CCNC(C(C)N=O)=C1Br. The predicted octanol–water partition coefficient (Wildman–Crippen LogP) is 2.30. The van der Waals surface area contributed by atoms with Gasteiger partial charge in [-0.15, -0.1) is 0 Å². The smallest absolute Gasteiger partial charge is 0.130 e. The van der Waals surface area contributed by atoms with E-state index in [4.69, 9.17) is 0 Å². The summed E-state index contributed by atoms with van der Waals surface area (Å²) < 4.78 is 0.959. The van der Waals surface area contributed by atoms with Crippen LogP contribution < -0.4 is 5.32 Å². The quantitative estimate of drug-likeness (QED) is 0.741. The van der Waals surface area contributed by atoms with Gasteiger partial charge >= 0.3 is 0 Å². The van der Waals surface area contributed by atoms with Gasteiger partial charge in [-0.05, 0) is 35.4 Å². The minimum atomic E-state index is -0.303. The van der Waals surface area contributed by atoms with Crippen LogP contribution in [0.25, 0.3) is 0 Å². The van der Waals surface area contributed by atoms with E-state index in [0.717, 1.165) is 22.3 Å². The molecule has 1 heterocycles. The van der Waals surface area contributed by atoms with Crippen LogP contribution in [0.1, 0.15) is 13.8 Å². The van der Waals surface area contributed by atoms with Crippen LogP contribution in [0.2, 0.25) is 0 Å². The number of hydrogen-bond donors (Lipinski definition) is 1. The second kappa shape index (κ2) is 3.85. The topological polar surface area (TPSA) is 41.5 Å². The van der Waals surface area contributed by atoms with E-state index < -0.39 is 0 Å². The number of dihydropyridines is 1. The number of nitrogens with one attached hydrogen (secondary N) is 1. The van der Waals surface area contributed by atoms with Gasteiger partial charge in [-0.3, -0.25) is 0 Å². The van der Waals surface area contributed by atoms with Gasteiger partial charge in [-0.25, -0.2) is 0 Å². The molecular weight excluding hydrogens is 220 g/mol. The van der Waals surface area contributed by atoms with Crippen molar-refractivity contribution in [2.45, 2.75) is 19.9 Å². The van der Waals surface area contributed by atoms with Crippen molar-refractivity contribution in [3.8, 4) is 0 Å². The molecule has 1 unspecified atom stereocenters. The highest BCUT2D eigenvalue weighted by Crippen LogP contribution is 2.25. The predicted molar refractivity (Wildman–Crippen MR) is 53.0 cm³/mol. The van der Waals surface area contributed by atoms with Crippen molar-refractivity contribution in [1.82, 2.24) is 5.32 Å². The number of nitrogens with zero attached hydrogens (tertiary/aromatic N) is 1. The Morgan fingerprint density at radius 1 is 1.75 bits per heavy atom. The summed E-state index contributed by atoms with van der Waals surface area (Å²) in [7, 11) is 0. The molecule has 12 heavy (non-hydrogen) atoms. The highest BCUT2D eigenvalue weighted by Gasteiger charge is 2.16. The number of halogens is 1. The summed E-state index contributed by atoms with van der Waals surface area (Å²) in [4.78, 5) is 10.3. The Balaban J connectivity index is 2.94. The first kappa shape index (κ1) is 9.45. The average molecular weight is 231 g/mol. The number of allylic oxidation sites excluding steroid dienone is 2. The standard InChI is InChI=1S/C8H11BrN2O/c1-5-3-4-10-8(7(5)9)6(2)11-12/h3,6,10H,4H2,1-2H3. The molecule has 1 aliphatic heterocycles. The van der Waals surface area contributed by atoms with E-state index in [1.165, 1.54) is 0 Å². The van der Waals surface area contributed by atoms with Crippen molar-refractivity contribution in [2.24, 2.45) is 5.18 Å². The zero-order valence-electron chi connectivity index (χ0n) is 7.10. The van der Waals surface area contributed by atoms with Gasteiger partial charge in [0.2, 0.25) is 0 Å². The van der Waals surface area contributed by atoms with Gasteiger partial charge in [0, 0.05) is 11.0 Å². The summed E-state index contributed by atoms with van der Waals surface area (Å²) in [6, 6.07) is -0.303. The number of rotatable bonds is 2. The van der Waals surface area contributed by atoms with E-state index >= 15 is 0 Å². The molecule has 0 aromatic carbocycles. The van der Waals surface area contributed by atoms with Crippen molar-refractivity contribution in [3.63, 3.8) is 0 Å². The van der Waals surface area contributed by atoms with E-state index in [1.807, 2.05) is 6.92 Å². The van der Waals surface area contributed by atoms with Gasteiger partial charge in [0.05, 0.1) is 5.70 Å². The molecule has 66 valence electrons. The van der Waals surface area contributed by atoms with Gasteiger partial charge in [-0.2, -0.15) is 4.91 Å². The molecule has 0 aliphatic carbocycles. The first-order valence-corrected chi connectivity index (χ1v) is 4.59. The van der Waals surface area contributed by atoms with E-state index in [0.29, 0.717) is 0 Å². The third-order valence-corrected chi connectivity index (χ3v) is 2.91. The Morgan fingerprint density at radius 3 is 3.00 bits per heavy atom. The average Bonchev–Trinajstić information content (AvgIpc) is 2.08. The lowest BCUT2D eigenvalue weighted by Crippen LogP contribution is -2.25. The molecular formula is C8H11BrN2O. The molecule has 0 saturated heterocycles. The van der Waals surface area contributed by atoms with Crippen molar-refractivity contribution in [2.75, 3.05) is 6.54 Å². The number of nitroso groups, excluding NO2 is 1. The third-order valence-electron chi connectivity index (χ3n) is 1.86. The highest BCUT2D eigenvalue weighted by atomic mass is 79.9. The molecule has 0 radical (unpaired) electrons. The Bertz CT molecular complexity index is 258. The van der Waals surface area contributed by atoms with Crippen molar-refractivity contribution < 1.29 is 0 Å². The molecule has 0 bridgehead atoms. The normalized spacial score (nSPS) is 19.8. The van der Waals surface area contributed by atoms with Gasteiger partial charge in [-0.1, -0.05) is 11.3 Å². The molecule has 0 fully saturated rings. The number of hydrogen-bond acceptors (Lipinski definition) is 3. The molecule has 1 rings (SSSR count). The van der Waals surface area contributed by atoms with Crippen molar-refractivity contribution in [3.05, 3.63) is 26.7 Å². The zero-order chi connectivity index (χ0) is 9.14. The van der Waals surface area contributed by atoms with E-state index in [-0.39, 0.29) is 6.04 Å². The molecule has 0 spiro atoms. The summed E-state index contributed by atoms with van der Waals surface area (Å²) >= 11 is 3.41. The van der Waals surface area contributed by atoms with Gasteiger partial charge < -0.3 is 5.32 Å². The minimum absolute atomic E-state index is 0.303. The molecule has 3 nitrogen and oxygen atoms in total. The molecule has 0 saturated carbocycles. The van der Waals surface area contributed by atoms with E-state index in [1.54, 1.807) is 6.92 Å². The molecule has 0 amide bonds. The Hall–Kier alpha value is -0.640. The molecule has 1 aliphatic rings. The third kappa shape index (κ3) is 1.75. The van der Waals surface area contributed by atoms with Crippen molar-refractivity contribution >= 4 is 15.9 Å². The van der Waals surface area contributed by atoms with Crippen molar-refractivity contribution in [1.29, 1.82) is 0 Å². The van der Waals surface area contributed by atoms with E-state index in [2.05, 4.69) is 32.5 Å². The van der Waals surface area contributed by atoms with Crippen LogP contribution in [0.4, 0.5) is 0 Å². The first-order chi connectivity index (χ1) is 5.66. The van der Waals surface area contributed by atoms with Crippen LogP contribution in [0, 0.1) is 4.91 Å². The van der Waals surface area contributed by atoms with E-state index in [9.17, 15) is 4.91 Å². The maximum atomic E-state index is 10.3. The lowest BCUT2D eigenvalue weighted by molar-refractivity contribution is 0.730. The summed E-state index contributed by atoms with van der Waals surface area (Å²) in [6.45, 7) is 4.55. The van der Waals surface area contributed by atoms with Gasteiger partial charge in [0.15, 0.2) is 0 Å². The summed E-state index contributed by atoms with van der Waals surface area (Å²) in [5, 5.41) is 6.08. The van der Waals surface area contributed by atoms with Gasteiger partial charge in [0.1, 0.15) is 6.04 Å². The van der Waals surface area contributed by atoms with Crippen LogP contribution >= 0.6 is 15.9 Å².